The molecule has 4 heteroatoms. The zero-order valence-electron chi connectivity index (χ0n) is 13.4. The van der Waals surface area contributed by atoms with Crippen LogP contribution < -0.4 is 10.1 Å². The van der Waals surface area contributed by atoms with E-state index in [1.807, 2.05) is 48.1 Å². The quantitative estimate of drug-likeness (QED) is 0.743. The van der Waals surface area contributed by atoms with Crippen LogP contribution in [0.3, 0.4) is 0 Å². The van der Waals surface area contributed by atoms with Crippen LogP contribution in [0.4, 0.5) is 5.69 Å². The van der Waals surface area contributed by atoms with Crippen molar-refractivity contribution in [3.05, 3.63) is 78.4 Å². The second-order valence-electron chi connectivity index (χ2n) is 5.54. The van der Waals surface area contributed by atoms with Gasteiger partial charge in [-0.3, -0.25) is 0 Å². The maximum atomic E-state index is 5.78. The van der Waals surface area contributed by atoms with E-state index in [2.05, 4.69) is 41.5 Å². The molecule has 0 aliphatic carbocycles. The third kappa shape index (κ3) is 3.92. The van der Waals surface area contributed by atoms with Gasteiger partial charge in [-0.15, -0.1) is 0 Å². The predicted octanol–water partition coefficient (Wildman–Crippen LogP) is 4.17. The van der Waals surface area contributed by atoms with Gasteiger partial charge in [-0.1, -0.05) is 30.3 Å². The first-order valence-electron chi connectivity index (χ1n) is 7.73. The molecular weight excluding hydrogens is 286 g/mol. The van der Waals surface area contributed by atoms with Crippen LogP contribution in [0.2, 0.25) is 0 Å². The molecule has 0 spiro atoms. The van der Waals surface area contributed by atoms with Crippen LogP contribution in [0, 0.1) is 0 Å². The normalized spacial score (nSPS) is 11.9. The highest BCUT2D eigenvalue weighted by Gasteiger charge is 2.06. The number of hydrogen-bond acceptors (Lipinski definition) is 3. The average Bonchev–Trinajstić information content (AvgIpc) is 2.99. The first-order valence-corrected chi connectivity index (χ1v) is 7.73. The monoisotopic (exact) mass is 307 g/mol. The smallest absolute Gasteiger partial charge is 0.146 e. The Labute approximate surface area is 136 Å². The van der Waals surface area contributed by atoms with E-state index in [0.717, 1.165) is 17.3 Å². The lowest BCUT2D eigenvalue weighted by Crippen LogP contribution is -2.06. The molecule has 118 valence electrons. The summed E-state index contributed by atoms with van der Waals surface area (Å²) in [6.07, 6.45) is 3.69. The summed E-state index contributed by atoms with van der Waals surface area (Å²) >= 11 is 0. The number of imidazole rings is 1. The number of hydrogen-bond donors (Lipinski definition) is 1. The molecule has 1 heterocycles. The second-order valence-corrected chi connectivity index (χ2v) is 5.54. The zero-order chi connectivity index (χ0) is 16.1. The van der Waals surface area contributed by atoms with E-state index in [9.17, 15) is 0 Å². The van der Waals surface area contributed by atoms with E-state index in [1.165, 1.54) is 5.56 Å². The lowest BCUT2D eigenvalue weighted by Gasteiger charge is -2.16. The molecule has 0 saturated heterocycles. The Hall–Kier alpha value is -2.75. The number of nitrogens with one attached hydrogen (secondary N) is 1. The number of aromatic nitrogens is 2. The fourth-order valence-corrected chi connectivity index (χ4v) is 2.40. The van der Waals surface area contributed by atoms with Gasteiger partial charge in [-0.05, 0) is 36.8 Å². The Morgan fingerprint density at radius 1 is 1.09 bits per heavy atom. The van der Waals surface area contributed by atoms with Gasteiger partial charge in [0.1, 0.15) is 18.2 Å². The third-order valence-corrected chi connectivity index (χ3v) is 3.83. The number of aryl methyl sites for hydroxylation is 1. The van der Waals surface area contributed by atoms with Crippen LogP contribution in [-0.2, 0) is 13.7 Å². The lowest BCUT2D eigenvalue weighted by molar-refractivity contribution is 0.291. The number of anilines is 1. The molecule has 0 aliphatic heterocycles. The molecule has 1 atom stereocenters. The molecule has 0 bridgehead atoms. The zero-order valence-corrected chi connectivity index (χ0v) is 13.4. The topological polar surface area (TPSA) is 39.1 Å². The number of rotatable bonds is 6. The van der Waals surface area contributed by atoms with Gasteiger partial charge >= 0.3 is 0 Å². The lowest BCUT2D eigenvalue weighted by atomic mass is 10.1. The third-order valence-electron chi connectivity index (χ3n) is 3.83. The minimum atomic E-state index is 0.237. The van der Waals surface area contributed by atoms with E-state index >= 15 is 0 Å². The molecule has 0 amide bonds. The van der Waals surface area contributed by atoms with Crippen molar-refractivity contribution < 1.29 is 4.74 Å². The molecule has 2 aromatic carbocycles. The van der Waals surface area contributed by atoms with Gasteiger partial charge in [0.05, 0.1) is 0 Å². The number of ether oxygens (including phenoxy) is 1. The predicted molar refractivity (Wildman–Crippen MR) is 92.5 cm³/mol. The fraction of sp³-hybridized carbons (Fsp3) is 0.211. The van der Waals surface area contributed by atoms with Crippen molar-refractivity contribution in [3.8, 4) is 5.75 Å². The summed E-state index contributed by atoms with van der Waals surface area (Å²) in [5, 5.41) is 3.49. The molecule has 3 rings (SSSR count). The molecule has 0 saturated carbocycles. The van der Waals surface area contributed by atoms with Crippen LogP contribution in [-0.4, -0.2) is 9.55 Å². The van der Waals surface area contributed by atoms with E-state index < -0.39 is 0 Å². The van der Waals surface area contributed by atoms with Crippen LogP contribution in [0.1, 0.15) is 24.4 Å². The van der Waals surface area contributed by atoms with Crippen molar-refractivity contribution in [2.75, 3.05) is 5.32 Å². The first kappa shape index (κ1) is 15.2. The average molecular weight is 307 g/mol. The van der Waals surface area contributed by atoms with Crippen molar-refractivity contribution >= 4 is 5.69 Å². The van der Waals surface area contributed by atoms with Crippen LogP contribution >= 0.6 is 0 Å². The Balaban J connectivity index is 1.59. The van der Waals surface area contributed by atoms with E-state index in [4.69, 9.17) is 4.74 Å². The molecule has 3 aromatic rings. The highest BCUT2D eigenvalue weighted by molar-refractivity contribution is 5.45. The Kier molecular flexibility index (Phi) is 4.62. The maximum Gasteiger partial charge on any atom is 0.146 e. The molecular formula is C19H21N3O. The van der Waals surface area contributed by atoms with Crippen LogP contribution in [0.15, 0.2) is 67.0 Å². The Morgan fingerprint density at radius 3 is 2.48 bits per heavy atom. The van der Waals surface area contributed by atoms with E-state index in [0.29, 0.717) is 6.61 Å². The number of para-hydroxylation sites is 1. The van der Waals surface area contributed by atoms with Crippen molar-refractivity contribution in [1.82, 2.24) is 9.55 Å². The van der Waals surface area contributed by atoms with Gasteiger partial charge < -0.3 is 14.6 Å². The first-order chi connectivity index (χ1) is 11.2. The van der Waals surface area contributed by atoms with Crippen molar-refractivity contribution in [2.45, 2.75) is 19.6 Å². The SMILES string of the molecule is CC(Nc1ccccc1)c1ccc(OCc2nccn2C)cc1. The summed E-state index contributed by atoms with van der Waals surface area (Å²) in [6.45, 7) is 2.62. The van der Waals surface area contributed by atoms with Crippen molar-refractivity contribution in [1.29, 1.82) is 0 Å². The molecule has 1 N–H and O–H groups in total. The molecule has 4 nitrogen and oxygen atoms in total. The van der Waals surface area contributed by atoms with E-state index in [1.54, 1.807) is 6.20 Å². The van der Waals surface area contributed by atoms with Gasteiger partial charge in [0.15, 0.2) is 0 Å². The largest absolute Gasteiger partial charge is 0.486 e. The summed E-state index contributed by atoms with van der Waals surface area (Å²) in [5.41, 5.74) is 2.34. The van der Waals surface area contributed by atoms with Gasteiger partial charge in [0.25, 0.3) is 0 Å². The maximum absolute atomic E-state index is 5.78. The molecule has 1 unspecified atom stereocenters. The number of benzene rings is 2. The molecule has 1 aromatic heterocycles. The summed E-state index contributed by atoms with van der Waals surface area (Å²) in [4.78, 5) is 4.25. The highest BCUT2D eigenvalue weighted by Crippen LogP contribution is 2.22. The summed E-state index contributed by atoms with van der Waals surface area (Å²) < 4.78 is 7.74. The van der Waals surface area contributed by atoms with Crippen molar-refractivity contribution in [3.63, 3.8) is 0 Å². The standard InChI is InChI=1S/C19H21N3O/c1-15(21-17-6-4-3-5-7-17)16-8-10-18(11-9-16)23-14-19-20-12-13-22(19)2/h3-13,15,21H,14H2,1-2H3. The summed E-state index contributed by atoms with van der Waals surface area (Å²) in [5.74, 6) is 1.76. The second kappa shape index (κ2) is 7.01. The molecule has 23 heavy (non-hydrogen) atoms. The van der Waals surface area contributed by atoms with Gasteiger partial charge in [-0.2, -0.15) is 0 Å². The Bertz CT molecular complexity index is 735. The molecule has 0 aliphatic rings. The van der Waals surface area contributed by atoms with Gasteiger partial charge in [0.2, 0.25) is 0 Å². The molecule has 0 fully saturated rings. The van der Waals surface area contributed by atoms with Crippen molar-refractivity contribution in [2.24, 2.45) is 7.05 Å². The minimum Gasteiger partial charge on any atom is -0.486 e. The van der Waals surface area contributed by atoms with Crippen LogP contribution in [0.5, 0.6) is 5.75 Å². The van der Waals surface area contributed by atoms with Crippen LogP contribution in [0.25, 0.3) is 0 Å². The highest BCUT2D eigenvalue weighted by atomic mass is 16.5. The fourth-order valence-electron chi connectivity index (χ4n) is 2.40. The molecule has 0 radical (unpaired) electrons. The summed E-state index contributed by atoms with van der Waals surface area (Å²) in [6, 6.07) is 18.6. The van der Waals surface area contributed by atoms with Gasteiger partial charge in [-0.25, -0.2) is 4.98 Å². The number of nitrogens with zero attached hydrogens (tertiary/aromatic N) is 2. The minimum absolute atomic E-state index is 0.237. The summed E-state index contributed by atoms with van der Waals surface area (Å²) in [7, 11) is 1.96. The van der Waals surface area contributed by atoms with E-state index in [-0.39, 0.29) is 6.04 Å². The Morgan fingerprint density at radius 2 is 1.83 bits per heavy atom. The van der Waals surface area contributed by atoms with Gasteiger partial charge in [0, 0.05) is 31.2 Å².